The van der Waals surface area contributed by atoms with Gasteiger partial charge in [-0.2, -0.15) is 0 Å². The Morgan fingerprint density at radius 3 is 2.75 bits per heavy atom. The van der Waals surface area contributed by atoms with Crippen LogP contribution in [0, 0.1) is 12.8 Å². The Kier molecular flexibility index (Phi) is 5.47. The average molecular weight is 274 g/mol. The van der Waals surface area contributed by atoms with Crippen LogP contribution in [-0.4, -0.2) is 19.1 Å². The first kappa shape index (κ1) is 15.4. The highest BCUT2D eigenvalue weighted by atomic mass is 15.1. The number of rotatable bonds is 4. The van der Waals surface area contributed by atoms with Gasteiger partial charge in [0.2, 0.25) is 0 Å². The van der Waals surface area contributed by atoms with Crippen molar-refractivity contribution in [3.63, 3.8) is 0 Å². The van der Waals surface area contributed by atoms with Crippen LogP contribution in [0.2, 0.25) is 0 Å². The summed E-state index contributed by atoms with van der Waals surface area (Å²) in [5.74, 6) is 0.884. The highest BCUT2D eigenvalue weighted by molar-refractivity contribution is 5.54. The summed E-state index contributed by atoms with van der Waals surface area (Å²) < 4.78 is 0. The summed E-state index contributed by atoms with van der Waals surface area (Å²) in [5, 5.41) is 3.49. The molecular formula is C18H30N2. The molecule has 1 atom stereocenters. The molecule has 1 unspecified atom stereocenters. The topological polar surface area (TPSA) is 15.3 Å². The van der Waals surface area contributed by atoms with E-state index in [9.17, 15) is 0 Å². The second-order valence-corrected chi connectivity index (χ2v) is 6.68. The minimum absolute atomic E-state index is 0.544. The van der Waals surface area contributed by atoms with Gasteiger partial charge in [-0.05, 0) is 49.3 Å². The number of nitrogens with one attached hydrogen (secondary N) is 1. The standard InChI is InChI=1S/C18H30N2/c1-14(2)19-13-17-7-8-18(16(4)12-17)20-10-5-6-15(3)9-11-20/h7-8,12,14-15,19H,5-6,9-11,13H2,1-4H3. The van der Waals surface area contributed by atoms with Crippen molar-refractivity contribution in [3.8, 4) is 0 Å². The molecule has 1 aliphatic heterocycles. The van der Waals surface area contributed by atoms with Crippen molar-refractivity contribution >= 4 is 5.69 Å². The zero-order valence-corrected chi connectivity index (χ0v) is 13.6. The van der Waals surface area contributed by atoms with E-state index in [1.807, 2.05) is 0 Å². The molecule has 0 radical (unpaired) electrons. The van der Waals surface area contributed by atoms with Crippen molar-refractivity contribution in [3.05, 3.63) is 29.3 Å². The summed E-state index contributed by atoms with van der Waals surface area (Å²) in [6.07, 6.45) is 4.04. The fourth-order valence-corrected chi connectivity index (χ4v) is 3.01. The van der Waals surface area contributed by atoms with Crippen molar-refractivity contribution in [1.82, 2.24) is 5.32 Å². The summed E-state index contributed by atoms with van der Waals surface area (Å²) in [6, 6.07) is 7.50. The van der Waals surface area contributed by atoms with Crippen molar-refractivity contribution in [1.29, 1.82) is 0 Å². The van der Waals surface area contributed by atoms with Crippen molar-refractivity contribution < 1.29 is 0 Å². The fourth-order valence-electron chi connectivity index (χ4n) is 3.01. The maximum absolute atomic E-state index is 3.49. The van der Waals surface area contributed by atoms with Gasteiger partial charge >= 0.3 is 0 Å². The highest BCUT2D eigenvalue weighted by Crippen LogP contribution is 2.26. The van der Waals surface area contributed by atoms with Gasteiger partial charge in [0.1, 0.15) is 0 Å². The van der Waals surface area contributed by atoms with Gasteiger partial charge in [0.05, 0.1) is 0 Å². The molecule has 0 spiro atoms. The largest absolute Gasteiger partial charge is 0.371 e. The fraction of sp³-hybridized carbons (Fsp3) is 0.667. The third-order valence-corrected chi connectivity index (χ3v) is 4.33. The number of hydrogen-bond donors (Lipinski definition) is 1. The zero-order chi connectivity index (χ0) is 14.5. The molecular weight excluding hydrogens is 244 g/mol. The van der Waals surface area contributed by atoms with Gasteiger partial charge in [0.25, 0.3) is 0 Å². The van der Waals surface area contributed by atoms with E-state index in [1.54, 1.807) is 0 Å². The summed E-state index contributed by atoms with van der Waals surface area (Å²) in [5.41, 5.74) is 4.25. The van der Waals surface area contributed by atoms with E-state index in [-0.39, 0.29) is 0 Å². The van der Waals surface area contributed by atoms with Crippen LogP contribution in [0.25, 0.3) is 0 Å². The van der Waals surface area contributed by atoms with Gasteiger partial charge in [-0.1, -0.05) is 32.9 Å². The molecule has 1 aromatic rings. The summed E-state index contributed by atoms with van der Waals surface area (Å²) >= 11 is 0. The Balaban J connectivity index is 2.05. The number of hydrogen-bond acceptors (Lipinski definition) is 2. The van der Waals surface area contributed by atoms with Gasteiger partial charge in [0.15, 0.2) is 0 Å². The minimum Gasteiger partial charge on any atom is -0.371 e. The third-order valence-electron chi connectivity index (χ3n) is 4.33. The van der Waals surface area contributed by atoms with Crippen LogP contribution in [0.4, 0.5) is 5.69 Å². The van der Waals surface area contributed by atoms with Gasteiger partial charge < -0.3 is 10.2 Å². The monoisotopic (exact) mass is 274 g/mol. The van der Waals surface area contributed by atoms with Crippen LogP contribution in [0.1, 0.15) is 51.2 Å². The zero-order valence-electron chi connectivity index (χ0n) is 13.6. The van der Waals surface area contributed by atoms with E-state index in [4.69, 9.17) is 0 Å². The smallest absolute Gasteiger partial charge is 0.0396 e. The molecule has 20 heavy (non-hydrogen) atoms. The number of anilines is 1. The SMILES string of the molecule is Cc1cc(CNC(C)C)ccc1N1CCCC(C)CC1. The van der Waals surface area contributed by atoms with Crippen molar-refractivity contribution in [2.45, 2.75) is 59.5 Å². The van der Waals surface area contributed by atoms with Crippen molar-refractivity contribution in [2.75, 3.05) is 18.0 Å². The first-order valence-electron chi connectivity index (χ1n) is 8.14. The maximum Gasteiger partial charge on any atom is 0.0396 e. The third kappa shape index (κ3) is 4.24. The molecule has 2 heteroatoms. The van der Waals surface area contributed by atoms with Gasteiger partial charge in [-0.15, -0.1) is 0 Å². The molecule has 0 bridgehead atoms. The highest BCUT2D eigenvalue weighted by Gasteiger charge is 2.15. The maximum atomic E-state index is 3.49. The molecule has 112 valence electrons. The number of aryl methyl sites for hydroxylation is 1. The van der Waals surface area contributed by atoms with Crippen LogP contribution < -0.4 is 10.2 Å². The predicted octanol–water partition coefficient (Wildman–Crippen LogP) is 4.12. The molecule has 0 aromatic heterocycles. The summed E-state index contributed by atoms with van der Waals surface area (Å²) in [4.78, 5) is 2.58. The van der Waals surface area contributed by atoms with E-state index in [0.29, 0.717) is 6.04 Å². The first-order valence-corrected chi connectivity index (χ1v) is 8.14. The van der Waals surface area contributed by atoms with Gasteiger partial charge in [-0.3, -0.25) is 0 Å². The van der Waals surface area contributed by atoms with Crippen molar-refractivity contribution in [2.24, 2.45) is 5.92 Å². The van der Waals surface area contributed by atoms with Crippen LogP contribution in [0.3, 0.4) is 0 Å². The van der Waals surface area contributed by atoms with Gasteiger partial charge in [-0.25, -0.2) is 0 Å². The number of nitrogens with zero attached hydrogens (tertiary/aromatic N) is 1. The van der Waals surface area contributed by atoms with E-state index in [0.717, 1.165) is 12.5 Å². The molecule has 0 aliphatic carbocycles. The molecule has 0 amide bonds. The molecule has 1 N–H and O–H groups in total. The van der Waals surface area contributed by atoms with Crippen LogP contribution in [0.15, 0.2) is 18.2 Å². The van der Waals surface area contributed by atoms with Crippen LogP contribution in [-0.2, 0) is 6.54 Å². The van der Waals surface area contributed by atoms with E-state index in [1.165, 1.54) is 49.2 Å². The Hall–Kier alpha value is -1.02. The van der Waals surface area contributed by atoms with E-state index >= 15 is 0 Å². The molecule has 1 aliphatic rings. The molecule has 0 saturated carbocycles. The lowest BCUT2D eigenvalue weighted by Crippen LogP contribution is -2.25. The number of benzene rings is 1. The van der Waals surface area contributed by atoms with E-state index < -0.39 is 0 Å². The van der Waals surface area contributed by atoms with Crippen LogP contribution in [0.5, 0.6) is 0 Å². The molecule has 1 heterocycles. The lowest BCUT2D eigenvalue weighted by atomic mass is 10.0. The quantitative estimate of drug-likeness (QED) is 0.888. The minimum atomic E-state index is 0.544. The molecule has 2 rings (SSSR count). The molecule has 1 saturated heterocycles. The normalized spacial score (nSPS) is 20.2. The molecule has 1 aromatic carbocycles. The average Bonchev–Trinajstić information content (AvgIpc) is 2.61. The lowest BCUT2D eigenvalue weighted by Gasteiger charge is -2.25. The Labute approximate surface area is 124 Å². The Morgan fingerprint density at radius 1 is 1.25 bits per heavy atom. The summed E-state index contributed by atoms with van der Waals surface area (Å²) in [6.45, 7) is 12.4. The van der Waals surface area contributed by atoms with Crippen LogP contribution >= 0.6 is 0 Å². The predicted molar refractivity (Wildman–Crippen MR) is 88.4 cm³/mol. The Bertz CT molecular complexity index is 425. The lowest BCUT2D eigenvalue weighted by molar-refractivity contribution is 0.521. The van der Waals surface area contributed by atoms with E-state index in [2.05, 4.69) is 56.1 Å². The summed E-state index contributed by atoms with van der Waals surface area (Å²) in [7, 11) is 0. The molecule has 1 fully saturated rings. The molecule has 2 nitrogen and oxygen atoms in total. The second kappa shape index (κ2) is 7.12. The first-order chi connectivity index (χ1) is 9.56. The Morgan fingerprint density at radius 2 is 2.05 bits per heavy atom. The van der Waals surface area contributed by atoms with Gasteiger partial charge in [0, 0.05) is 31.4 Å². The second-order valence-electron chi connectivity index (χ2n) is 6.68.